The molecular formula is C18H26N4O2. The number of nitrogens with zero attached hydrogens (tertiary/aromatic N) is 2. The first-order valence-corrected chi connectivity index (χ1v) is 8.22. The molecule has 2 rings (SSSR count). The zero-order valence-corrected chi connectivity index (χ0v) is 14.7. The summed E-state index contributed by atoms with van der Waals surface area (Å²) >= 11 is 0. The van der Waals surface area contributed by atoms with Crippen molar-refractivity contribution in [2.75, 3.05) is 11.9 Å². The van der Waals surface area contributed by atoms with Gasteiger partial charge in [0.15, 0.2) is 0 Å². The third-order valence-electron chi connectivity index (χ3n) is 3.63. The third kappa shape index (κ3) is 4.83. The maximum absolute atomic E-state index is 12.1. The average Bonchev–Trinajstić information content (AvgIpc) is 2.83. The van der Waals surface area contributed by atoms with Gasteiger partial charge in [0.2, 0.25) is 0 Å². The van der Waals surface area contributed by atoms with Crippen molar-refractivity contribution in [1.82, 2.24) is 15.1 Å². The molecule has 0 aliphatic rings. The quantitative estimate of drug-likeness (QED) is 0.762. The summed E-state index contributed by atoms with van der Waals surface area (Å²) in [6.45, 7) is 8.20. The van der Waals surface area contributed by atoms with Gasteiger partial charge in [-0.05, 0) is 44.4 Å². The molecule has 2 aromatic rings. The molecule has 6 heteroatoms. The van der Waals surface area contributed by atoms with Gasteiger partial charge >= 0.3 is 6.03 Å². The first-order valence-electron chi connectivity index (χ1n) is 8.22. The van der Waals surface area contributed by atoms with E-state index in [1.165, 1.54) is 0 Å². The van der Waals surface area contributed by atoms with Crippen molar-refractivity contribution in [3.05, 3.63) is 41.7 Å². The van der Waals surface area contributed by atoms with Gasteiger partial charge in [0.1, 0.15) is 0 Å². The number of aliphatic hydroxyl groups excluding tert-OH is 1. The number of amides is 2. The normalized spacial score (nSPS) is 12.2. The second-order valence-electron chi connectivity index (χ2n) is 6.47. The largest absolute Gasteiger partial charge is 0.391 e. The fourth-order valence-electron chi connectivity index (χ4n) is 2.64. The number of nitrogens with one attached hydrogen (secondary N) is 2. The molecule has 0 bridgehead atoms. The number of carbonyl (C=O) groups excluding carboxylic acids is 1. The molecule has 3 N–H and O–H groups in total. The summed E-state index contributed by atoms with van der Waals surface area (Å²) in [5.41, 5.74) is 3.39. The van der Waals surface area contributed by atoms with E-state index in [9.17, 15) is 9.90 Å². The van der Waals surface area contributed by atoms with Crippen LogP contribution in [0.5, 0.6) is 0 Å². The fourth-order valence-corrected chi connectivity index (χ4v) is 2.64. The summed E-state index contributed by atoms with van der Waals surface area (Å²) in [6, 6.07) is 9.14. The van der Waals surface area contributed by atoms with Crippen molar-refractivity contribution in [3.63, 3.8) is 0 Å². The lowest BCUT2D eigenvalue weighted by Gasteiger charge is -2.16. The molecule has 2 amide bonds. The molecule has 0 saturated carbocycles. The van der Waals surface area contributed by atoms with Gasteiger partial charge in [-0.25, -0.2) is 9.48 Å². The number of benzene rings is 1. The summed E-state index contributed by atoms with van der Waals surface area (Å²) in [5.74, 6) is 0.386. The van der Waals surface area contributed by atoms with Crippen LogP contribution in [-0.4, -0.2) is 33.6 Å². The SMILES string of the molecule is Cc1cc(C)n(-c2ccccc2NC(=O)NCC(O)CC(C)C)n1. The van der Waals surface area contributed by atoms with E-state index in [2.05, 4.69) is 15.7 Å². The van der Waals surface area contributed by atoms with Crippen LogP contribution in [0.25, 0.3) is 5.69 Å². The highest BCUT2D eigenvalue weighted by molar-refractivity contribution is 5.91. The second kappa shape index (κ2) is 7.97. The van der Waals surface area contributed by atoms with Crippen molar-refractivity contribution in [2.24, 2.45) is 5.92 Å². The zero-order valence-electron chi connectivity index (χ0n) is 14.7. The number of aromatic nitrogens is 2. The minimum Gasteiger partial charge on any atom is -0.391 e. The Labute approximate surface area is 142 Å². The highest BCUT2D eigenvalue weighted by Crippen LogP contribution is 2.21. The van der Waals surface area contributed by atoms with Crippen LogP contribution in [0.4, 0.5) is 10.5 Å². The molecule has 130 valence electrons. The van der Waals surface area contributed by atoms with Gasteiger partial charge in [-0.1, -0.05) is 26.0 Å². The van der Waals surface area contributed by atoms with Gasteiger partial charge in [0.05, 0.1) is 23.2 Å². The highest BCUT2D eigenvalue weighted by atomic mass is 16.3. The Morgan fingerprint density at radius 2 is 2.00 bits per heavy atom. The summed E-state index contributed by atoms with van der Waals surface area (Å²) in [4.78, 5) is 12.1. The lowest BCUT2D eigenvalue weighted by Crippen LogP contribution is -2.36. The summed E-state index contributed by atoms with van der Waals surface area (Å²) in [5, 5.41) is 19.8. The second-order valence-corrected chi connectivity index (χ2v) is 6.47. The van der Waals surface area contributed by atoms with Crippen molar-refractivity contribution in [3.8, 4) is 5.69 Å². The summed E-state index contributed by atoms with van der Waals surface area (Å²) < 4.78 is 1.80. The number of anilines is 1. The summed E-state index contributed by atoms with van der Waals surface area (Å²) in [6.07, 6.45) is 0.116. The van der Waals surface area contributed by atoms with Crippen LogP contribution in [0, 0.1) is 19.8 Å². The Morgan fingerprint density at radius 1 is 1.29 bits per heavy atom. The molecule has 0 aliphatic carbocycles. The third-order valence-corrected chi connectivity index (χ3v) is 3.63. The molecule has 0 aliphatic heterocycles. The maximum Gasteiger partial charge on any atom is 0.319 e. The number of aryl methyl sites for hydroxylation is 2. The van der Waals surface area contributed by atoms with E-state index in [-0.39, 0.29) is 12.6 Å². The van der Waals surface area contributed by atoms with Gasteiger partial charge < -0.3 is 15.7 Å². The number of hydrogen-bond donors (Lipinski definition) is 3. The molecule has 1 atom stereocenters. The smallest absolute Gasteiger partial charge is 0.319 e. The van der Waals surface area contributed by atoms with E-state index in [1.54, 1.807) is 4.68 Å². The Morgan fingerprint density at radius 3 is 2.62 bits per heavy atom. The number of urea groups is 1. The molecule has 0 saturated heterocycles. The molecule has 24 heavy (non-hydrogen) atoms. The number of hydrogen-bond acceptors (Lipinski definition) is 3. The number of rotatable bonds is 6. The highest BCUT2D eigenvalue weighted by Gasteiger charge is 2.12. The van der Waals surface area contributed by atoms with Crippen LogP contribution in [0.1, 0.15) is 31.7 Å². The van der Waals surface area contributed by atoms with E-state index < -0.39 is 6.10 Å². The van der Waals surface area contributed by atoms with E-state index >= 15 is 0 Å². The number of para-hydroxylation sites is 2. The zero-order chi connectivity index (χ0) is 17.7. The molecule has 0 spiro atoms. The van der Waals surface area contributed by atoms with Gasteiger partial charge in [-0.3, -0.25) is 0 Å². The van der Waals surface area contributed by atoms with Gasteiger partial charge in [-0.15, -0.1) is 0 Å². The fraction of sp³-hybridized carbons (Fsp3) is 0.444. The standard InChI is InChI=1S/C18H26N4O2/c1-12(2)9-15(23)11-19-18(24)20-16-7-5-6-8-17(16)22-14(4)10-13(3)21-22/h5-8,10,12,15,23H,9,11H2,1-4H3,(H2,19,20,24). The van der Waals surface area contributed by atoms with Gasteiger partial charge in [0.25, 0.3) is 0 Å². The first kappa shape index (κ1) is 18.0. The van der Waals surface area contributed by atoms with Crippen LogP contribution in [-0.2, 0) is 0 Å². The van der Waals surface area contributed by atoms with Crippen LogP contribution < -0.4 is 10.6 Å². The van der Waals surface area contributed by atoms with Gasteiger partial charge in [-0.2, -0.15) is 5.10 Å². The minimum atomic E-state index is -0.540. The lowest BCUT2D eigenvalue weighted by molar-refractivity contribution is 0.148. The van der Waals surface area contributed by atoms with Gasteiger partial charge in [0, 0.05) is 12.2 Å². The predicted octanol–water partition coefficient (Wildman–Crippen LogP) is 3.02. The van der Waals surface area contributed by atoms with Crippen LogP contribution in [0.2, 0.25) is 0 Å². The Balaban J connectivity index is 2.05. The predicted molar refractivity (Wildman–Crippen MR) is 95.5 cm³/mol. The Kier molecular flexibility index (Phi) is 5.98. The molecule has 1 aromatic carbocycles. The van der Waals surface area contributed by atoms with E-state index in [1.807, 2.05) is 58.0 Å². The number of carbonyl (C=O) groups is 1. The lowest BCUT2D eigenvalue weighted by atomic mass is 10.1. The molecule has 0 fully saturated rings. The number of aliphatic hydroxyl groups is 1. The molecule has 0 radical (unpaired) electrons. The Hall–Kier alpha value is -2.34. The molecule has 1 heterocycles. The van der Waals surface area contributed by atoms with Crippen molar-refractivity contribution < 1.29 is 9.90 Å². The first-order chi connectivity index (χ1) is 11.4. The topological polar surface area (TPSA) is 79.2 Å². The monoisotopic (exact) mass is 330 g/mol. The molecular weight excluding hydrogens is 304 g/mol. The maximum atomic E-state index is 12.1. The van der Waals surface area contributed by atoms with Crippen molar-refractivity contribution in [2.45, 2.75) is 40.2 Å². The average molecular weight is 330 g/mol. The molecule has 6 nitrogen and oxygen atoms in total. The van der Waals surface area contributed by atoms with E-state index in [0.29, 0.717) is 18.0 Å². The van der Waals surface area contributed by atoms with E-state index in [4.69, 9.17) is 0 Å². The Bertz CT molecular complexity index is 694. The van der Waals surface area contributed by atoms with Crippen LogP contribution >= 0.6 is 0 Å². The van der Waals surface area contributed by atoms with Crippen molar-refractivity contribution in [1.29, 1.82) is 0 Å². The van der Waals surface area contributed by atoms with Crippen LogP contribution in [0.15, 0.2) is 30.3 Å². The summed E-state index contributed by atoms with van der Waals surface area (Å²) in [7, 11) is 0. The van der Waals surface area contributed by atoms with Crippen molar-refractivity contribution >= 4 is 11.7 Å². The minimum absolute atomic E-state index is 0.228. The van der Waals surface area contributed by atoms with Crippen LogP contribution in [0.3, 0.4) is 0 Å². The van der Waals surface area contributed by atoms with E-state index in [0.717, 1.165) is 17.1 Å². The molecule has 1 aromatic heterocycles. The molecule has 1 unspecified atom stereocenters.